The second-order valence-corrected chi connectivity index (χ2v) is 10.6. The summed E-state index contributed by atoms with van der Waals surface area (Å²) in [6.45, 7) is 3.37. The molecular formula is C26H25F4N7O2. The zero-order valence-corrected chi connectivity index (χ0v) is 21.1. The van der Waals surface area contributed by atoms with E-state index in [1.807, 2.05) is 18.2 Å². The van der Waals surface area contributed by atoms with Gasteiger partial charge in [0.15, 0.2) is 11.5 Å². The average Bonchev–Trinajstić information content (AvgIpc) is 3.55. The lowest BCUT2D eigenvalue weighted by Gasteiger charge is -2.34. The maximum absolute atomic E-state index is 14.5. The van der Waals surface area contributed by atoms with Crippen molar-refractivity contribution in [1.29, 1.82) is 0 Å². The summed E-state index contributed by atoms with van der Waals surface area (Å²) in [5.41, 5.74) is -0.111. The first-order valence-corrected chi connectivity index (χ1v) is 12.5. The Balaban J connectivity index is 1.47. The Bertz CT molecular complexity index is 1670. The van der Waals surface area contributed by atoms with Gasteiger partial charge in [0.25, 0.3) is 5.56 Å². The Labute approximate surface area is 219 Å². The molecule has 3 N–H and O–H groups in total. The number of halogens is 4. The van der Waals surface area contributed by atoms with Crippen LogP contribution in [0, 0.1) is 5.82 Å². The molecule has 1 aliphatic carbocycles. The van der Waals surface area contributed by atoms with Crippen LogP contribution in [0.2, 0.25) is 0 Å². The molecule has 1 saturated carbocycles. The standard InChI is InChI=1S/C26H25F4N7O2/c1-24(2)17-4-3-15(11-14(17)7-10-32-24)33-23-31-12-16-21(35-23)37(36(22(16)38)13-26(28,29)30)19-6-5-18(27)20(34-19)25(39)8-9-25/h3-6,11-12,32,39H,7-10,13H2,1-2H3,(H,31,33,35). The molecule has 3 aromatic heterocycles. The van der Waals surface area contributed by atoms with Gasteiger partial charge in [0.05, 0.1) is 0 Å². The molecule has 4 aromatic rings. The van der Waals surface area contributed by atoms with E-state index < -0.39 is 29.7 Å². The molecule has 0 spiro atoms. The van der Waals surface area contributed by atoms with Crippen LogP contribution in [0.25, 0.3) is 16.9 Å². The van der Waals surface area contributed by atoms with Crippen molar-refractivity contribution < 1.29 is 22.7 Å². The van der Waals surface area contributed by atoms with Gasteiger partial charge in [-0.1, -0.05) is 6.07 Å². The molecule has 0 saturated heterocycles. The lowest BCUT2D eigenvalue weighted by atomic mass is 9.85. The van der Waals surface area contributed by atoms with E-state index in [-0.39, 0.29) is 46.9 Å². The molecule has 13 heteroatoms. The van der Waals surface area contributed by atoms with E-state index in [9.17, 15) is 27.5 Å². The van der Waals surface area contributed by atoms with Crippen LogP contribution in [0.15, 0.2) is 41.3 Å². The lowest BCUT2D eigenvalue weighted by Crippen LogP contribution is -2.42. The number of hydrogen-bond acceptors (Lipinski definition) is 7. The van der Waals surface area contributed by atoms with E-state index in [2.05, 4.69) is 39.4 Å². The molecule has 39 heavy (non-hydrogen) atoms. The van der Waals surface area contributed by atoms with Crippen LogP contribution in [-0.2, 0) is 24.1 Å². The zero-order valence-electron chi connectivity index (χ0n) is 21.1. The number of aromatic nitrogens is 5. The number of hydrogen-bond donors (Lipinski definition) is 3. The van der Waals surface area contributed by atoms with Crippen molar-refractivity contribution in [3.8, 4) is 5.82 Å². The topological polar surface area (TPSA) is 110 Å². The van der Waals surface area contributed by atoms with Gasteiger partial charge >= 0.3 is 6.18 Å². The number of anilines is 2. The second-order valence-electron chi connectivity index (χ2n) is 10.6. The summed E-state index contributed by atoms with van der Waals surface area (Å²) in [6, 6.07) is 7.96. The molecule has 9 nitrogen and oxygen atoms in total. The summed E-state index contributed by atoms with van der Waals surface area (Å²) < 4.78 is 56.3. The highest BCUT2D eigenvalue weighted by Gasteiger charge is 2.46. The highest BCUT2D eigenvalue weighted by Crippen LogP contribution is 2.45. The fourth-order valence-corrected chi connectivity index (χ4v) is 5.09. The maximum atomic E-state index is 14.5. The Morgan fingerprint density at radius 2 is 1.92 bits per heavy atom. The highest BCUT2D eigenvalue weighted by atomic mass is 19.4. The minimum atomic E-state index is -4.74. The molecule has 0 atom stereocenters. The molecular weight excluding hydrogens is 518 g/mol. The second kappa shape index (κ2) is 8.58. The number of pyridine rings is 1. The Kier molecular flexibility index (Phi) is 5.60. The van der Waals surface area contributed by atoms with Crippen molar-refractivity contribution in [1.82, 2.24) is 29.6 Å². The number of alkyl halides is 3. The fourth-order valence-electron chi connectivity index (χ4n) is 5.09. The molecule has 4 heterocycles. The minimum Gasteiger partial charge on any atom is -0.383 e. The van der Waals surface area contributed by atoms with Gasteiger partial charge in [-0.2, -0.15) is 18.2 Å². The van der Waals surface area contributed by atoms with Crippen LogP contribution in [0.3, 0.4) is 0 Å². The average molecular weight is 544 g/mol. The predicted molar refractivity (Wildman–Crippen MR) is 135 cm³/mol. The van der Waals surface area contributed by atoms with Gasteiger partial charge in [-0.25, -0.2) is 23.7 Å². The number of rotatable bonds is 5. The number of fused-ring (bicyclic) bond motifs is 2. The Hall–Kier alpha value is -3.84. The summed E-state index contributed by atoms with van der Waals surface area (Å²) >= 11 is 0. The first-order valence-electron chi connectivity index (χ1n) is 12.5. The Morgan fingerprint density at radius 1 is 1.15 bits per heavy atom. The van der Waals surface area contributed by atoms with Crippen molar-refractivity contribution >= 4 is 22.7 Å². The first kappa shape index (κ1) is 25.4. The third-order valence-electron chi connectivity index (χ3n) is 7.21. The van der Waals surface area contributed by atoms with Crippen molar-refractivity contribution in [2.75, 3.05) is 11.9 Å². The summed E-state index contributed by atoms with van der Waals surface area (Å²) in [5.74, 6) is -0.921. The van der Waals surface area contributed by atoms with Crippen molar-refractivity contribution in [2.24, 2.45) is 0 Å². The quantitative estimate of drug-likeness (QED) is 0.329. The lowest BCUT2D eigenvalue weighted by molar-refractivity contribution is -0.144. The summed E-state index contributed by atoms with van der Waals surface area (Å²) in [7, 11) is 0. The smallest absolute Gasteiger partial charge is 0.383 e. The predicted octanol–water partition coefficient (Wildman–Crippen LogP) is 3.78. The van der Waals surface area contributed by atoms with Gasteiger partial charge < -0.3 is 15.7 Å². The van der Waals surface area contributed by atoms with Crippen LogP contribution >= 0.6 is 0 Å². The SMILES string of the molecule is CC1(C)NCCc2cc(Nc3ncc4c(=O)n(CC(F)(F)F)n(-c5ccc(F)c(C6(O)CC6)n5)c4n3)ccc21. The number of nitrogens with one attached hydrogen (secondary N) is 2. The van der Waals surface area contributed by atoms with Crippen LogP contribution in [0.5, 0.6) is 0 Å². The van der Waals surface area contributed by atoms with E-state index >= 15 is 0 Å². The maximum Gasteiger partial charge on any atom is 0.408 e. The fraction of sp³-hybridized carbons (Fsp3) is 0.385. The molecule has 0 bridgehead atoms. The van der Waals surface area contributed by atoms with Gasteiger partial charge in [0.2, 0.25) is 5.95 Å². The van der Waals surface area contributed by atoms with Gasteiger partial charge in [-0.3, -0.25) is 4.79 Å². The van der Waals surface area contributed by atoms with Gasteiger partial charge in [-0.15, -0.1) is 0 Å². The monoisotopic (exact) mass is 543 g/mol. The number of nitrogens with zero attached hydrogens (tertiary/aromatic N) is 5. The normalized spacial score (nSPS) is 17.7. The van der Waals surface area contributed by atoms with Crippen molar-refractivity contribution in [3.63, 3.8) is 0 Å². The molecule has 0 amide bonds. The van der Waals surface area contributed by atoms with Crippen LogP contribution in [0.1, 0.15) is 43.5 Å². The molecule has 1 aliphatic heterocycles. The van der Waals surface area contributed by atoms with E-state index in [0.717, 1.165) is 47.1 Å². The van der Waals surface area contributed by atoms with Gasteiger partial charge in [-0.05, 0) is 75.0 Å². The summed E-state index contributed by atoms with van der Waals surface area (Å²) in [6.07, 6.45) is -2.23. The van der Waals surface area contributed by atoms with Gasteiger partial charge in [0, 0.05) is 17.4 Å². The van der Waals surface area contributed by atoms with Gasteiger partial charge in [0.1, 0.15) is 29.0 Å². The third kappa shape index (κ3) is 4.55. The van der Waals surface area contributed by atoms with Crippen molar-refractivity contribution in [3.05, 3.63) is 69.5 Å². The number of aliphatic hydroxyl groups is 1. The minimum absolute atomic E-state index is 0.0525. The van der Waals surface area contributed by atoms with E-state index in [1.165, 1.54) is 0 Å². The highest BCUT2D eigenvalue weighted by molar-refractivity contribution is 5.77. The van der Waals surface area contributed by atoms with Crippen LogP contribution in [0.4, 0.5) is 29.2 Å². The molecule has 2 aliphatic rings. The van der Waals surface area contributed by atoms with Crippen LogP contribution < -0.4 is 16.2 Å². The third-order valence-corrected chi connectivity index (χ3v) is 7.21. The molecule has 6 rings (SSSR count). The molecule has 1 aromatic carbocycles. The Morgan fingerprint density at radius 3 is 2.64 bits per heavy atom. The van der Waals surface area contributed by atoms with Crippen LogP contribution in [-0.4, -0.2) is 42.1 Å². The van der Waals surface area contributed by atoms with Crippen molar-refractivity contribution in [2.45, 2.75) is 57.0 Å². The molecule has 0 unspecified atom stereocenters. The molecule has 204 valence electrons. The molecule has 0 radical (unpaired) electrons. The summed E-state index contributed by atoms with van der Waals surface area (Å²) in [5, 5.41) is 16.8. The largest absolute Gasteiger partial charge is 0.408 e. The first-order chi connectivity index (χ1) is 18.3. The van der Waals surface area contributed by atoms with E-state index in [0.29, 0.717) is 10.4 Å². The zero-order chi connectivity index (χ0) is 27.7. The summed E-state index contributed by atoms with van der Waals surface area (Å²) in [4.78, 5) is 25.7. The van der Waals surface area contributed by atoms with E-state index in [4.69, 9.17) is 0 Å². The van der Waals surface area contributed by atoms with E-state index in [1.54, 1.807) is 0 Å². The molecule has 1 fully saturated rings. The number of benzene rings is 1.